The molecule has 1 amide bonds. The Labute approximate surface area is 164 Å². The van der Waals surface area contributed by atoms with Gasteiger partial charge in [0.2, 0.25) is 5.91 Å². The highest BCUT2D eigenvalue weighted by atomic mass is 32.2. The number of amides is 1. The maximum Gasteiger partial charge on any atom is 0.229 e. The standard InChI is InChI=1S/C22H21N3OS/c1-15-3-7-17(8-4-15)19-11-21(26)25-13-24(14-27-22(25)20(19)12-23)18-9-5-16(2)6-10-18/h3-10,19H,11,13-14H2,1-2H3/t19-/m1/s1. The van der Waals surface area contributed by atoms with Crippen molar-refractivity contribution in [3.8, 4) is 6.07 Å². The second-order valence-electron chi connectivity index (χ2n) is 7.11. The van der Waals surface area contributed by atoms with E-state index in [0.29, 0.717) is 18.7 Å². The number of carbonyl (C=O) groups excluding carboxylic acids is 1. The van der Waals surface area contributed by atoms with Crippen molar-refractivity contribution in [2.75, 3.05) is 17.4 Å². The number of benzene rings is 2. The molecule has 4 rings (SSSR count). The van der Waals surface area contributed by atoms with Crippen LogP contribution in [0.15, 0.2) is 59.1 Å². The molecule has 1 saturated heterocycles. The average Bonchev–Trinajstić information content (AvgIpc) is 2.69. The molecule has 0 radical (unpaired) electrons. The molecule has 0 N–H and O–H groups in total. The van der Waals surface area contributed by atoms with Crippen LogP contribution in [-0.2, 0) is 4.79 Å². The van der Waals surface area contributed by atoms with E-state index < -0.39 is 0 Å². The SMILES string of the molecule is Cc1ccc([C@H]2CC(=O)N3CN(c4ccc(C)cc4)CSC3=C2C#N)cc1. The number of hydrogen-bond donors (Lipinski definition) is 0. The maximum atomic E-state index is 12.9. The fraction of sp³-hybridized carbons (Fsp3) is 0.273. The third-order valence-electron chi connectivity index (χ3n) is 5.17. The number of anilines is 1. The molecule has 0 aliphatic carbocycles. The summed E-state index contributed by atoms with van der Waals surface area (Å²) in [6, 6.07) is 18.9. The third kappa shape index (κ3) is 3.33. The van der Waals surface area contributed by atoms with Gasteiger partial charge in [-0.15, -0.1) is 0 Å². The Balaban J connectivity index is 1.65. The summed E-state index contributed by atoms with van der Waals surface area (Å²) in [5.41, 5.74) is 5.24. The third-order valence-corrected chi connectivity index (χ3v) is 6.33. The van der Waals surface area contributed by atoms with Gasteiger partial charge in [0.05, 0.1) is 29.2 Å². The molecule has 1 atom stereocenters. The first kappa shape index (κ1) is 17.7. The molecular weight excluding hydrogens is 354 g/mol. The van der Waals surface area contributed by atoms with Crippen LogP contribution in [0.1, 0.15) is 29.0 Å². The van der Waals surface area contributed by atoms with E-state index in [2.05, 4.69) is 42.2 Å². The minimum Gasteiger partial charge on any atom is -0.344 e. The number of carbonyl (C=O) groups is 1. The molecule has 2 heterocycles. The van der Waals surface area contributed by atoms with Crippen LogP contribution in [0.2, 0.25) is 0 Å². The molecule has 0 aromatic heterocycles. The number of hydrogen-bond acceptors (Lipinski definition) is 4. The summed E-state index contributed by atoms with van der Waals surface area (Å²) in [6.07, 6.45) is 0.345. The van der Waals surface area contributed by atoms with Crippen LogP contribution < -0.4 is 4.90 Å². The van der Waals surface area contributed by atoms with Gasteiger partial charge in [-0.25, -0.2) is 0 Å². The molecule has 27 heavy (non-hydrogen) atoms. The van der Waals surface area contributed by atoms with E-state index in [-0.39, 0.29) is 11.8 Å². The van der Waals surface area contributed by atoms with E-state index in [1.54, 1.807) is 16.7 Å². The summed E-state index contributed by atoms with van der Waals surface area (Å²) >= 11 is 1.58. The zero-order chi connectivity index (χ0) is 19.0. The minimum atomic E-state index is -0.146. The smallest absolute Gasteiger partial charge is 0.229 e. The highest BCUT2D eigenvalue weighted by molar-refractivity contribution is 8.03. The lowest BCUT2D eigenvalue weighted by molar-refractivity contribution is -0.129. The summed E-state index contributed by atoms with van der Waals surface area (Å²) < 4.78 is 0. The Kier molecular flexibility index (Phi) is 4.67. The molecule has 1 fully saturated rings. The summed E-state index contributed by atoms with van der Waals surface area (Å²) in [4.78, 5) is 16.9. The molecular formula is C22H21N3OS. The van der Waals surface area contributed by atoms with Crippen molar-refractivity contribution in [3.63, 3.8) is 0 Å². The van der Waals surface area contributed by atoms with Crippen molar-refractivity contribution in [2.24, 2.45) is 0 Å². The van der Waals surface area contributed by atoms with E-state index >= 15 is 0 Å². The number of nitriles is 1. The molecule has 0 bridgehead atoms. The van der Waals surface area contributed by atoms with Crippen molar-refractivity contribution in [2.45, 2.75) is 26.2 Å². The molecule has 2 aliphatic rings. The van der Waals surface area contributed by atoms with Crippen LogP contribution in [0.5, 0.6) is 0 Å². The van der Waals surface area contributed by atoms with E-state index in [0.717, 1.165) is 22.2 Å². The van der Waals surface area contributed by atoms with Gasteiger partial charge in [-0.3, -0.25) is 9.69 Å². The van der Waals surface area contributed by atoms with Crippen LogP contribution >= 0.6 is 11.8 Å². The van der Waals surface area contributed by atoms with E-state index in [4.69, 9.17) is 0 Å². The Morgan fingerprint density at radius 2 is 1.67 bits per heavy atom. The second-order valence-corrected chi connectivity index (χ2v) is 8.04. The van der Waals surface area contributed by atoms with Gasteiger partial charge in [0.1, 0.15) is 0 Å². The monoisotopic (exact) mass is 375 g/mol. The zero-order valence-electron chi connectivity index (χ0n) is 15.5. The lowest BCUT2D eigenvalue weighted by atomic mass is 9.86. The number of allylic oxidation sites excluding steroid dienone is 1. The number of thioether (sulfide) groups is 1. The number of fused-ring (bicyclic) bond motifs is 1. The summed E-state index contributed by atoms with van der Waals surface area (Å²) in [6.45, 7) is 4.60. The van der Waals surface area contributed by atoms with E-state index in [1.165, 1.54) is 11.1 Å². The summed E-state index contributed by atoms with van der Waals surface area (Å²) in [5.74, 6) is 0.667. The normalized spacial score (nSPS) is 19.7. The van der Waals surface area contributed by atoms with Crippen LogP contribution in [0.3, 0.4) is 0 Å². The first-order chi connectivity index (χ1) is 13.1. The lowest BCUT2D eigenvalue weighted by Crippen LogP contribution is -2.47. The highest BCUT2D eigenvalue weighted by Crippen LogP contribution is 2.43. The quantitative estimate of drug-likeness (QED) is 0.774. The Morgan fingerprint density at radius 3 is 2.30 bits per heavy atom. The maximum absolute atomic E-state index is 12.9. The summed E-state index contributed by atoms with van der Waals surface area (Å²) in [7, 11) is 0. The van der Waals surface area contributed by atoms with Crippen molar-refractivity contribution >= 4 is 23.4 Å². The average molecular weight is 375 g/mol. The fourth-order valence-electron chi connectivity index (χ4n) is 3.56. The Morgan fingerprint density at radius 1 is 1.04 bits per heavy atom. The molecule has 2 aliphatic heterocycles. The Hall–Kier alpha value is -2.71. The van der Waals surface area contributed by atoms with Crippen molar-refractivity contribution in [1.29, 1.82) is 5.26 Å². The molecule has 0 spiro atoms. The minimum absolute atomic E-state index is 0.0823. The van der Waals surface area contributed by atoms with Crippen molar-refractivity contribution < 1.29 is 4.79 Å². The van der Waals surface area contributed by atoms with E-state index in [9.17, 15) is 10.1 Å². The predicted octanol–water partition coefficient (Wildman–Crippen LogP) is 4.52. The topological polar surface area (TPSA) is 47.3 Å². The largest absolute Gasteiger partial charge is 0.344 e. The van der Waals surface area contributed by atoms with Crippen LogP contribution in [0.4, 0.5) is 5.69 Å². The van der Waals surface area contributed by atoms with Gasteiger partial charge in [-0.2, -0.15) is 5.26 Å². The predicted molar refractivity (Wildman–Crippen MR) is 109 cm³/mol. The first-order valence-electron chi connectivity index (χ1n) is 9.02. The van der Waals surface area contributed by atoms with Gasteiger partial charge in [0.25, 0.3) is 0 Å². The highest BCUT2D eigenvalue weighted by Gasteiger charge is 2.38. The van der Waals surface area contributed by atoms with E-state index in [1.807, 2.05) is 31.2 Å². The van der Waals surface area contributed by atoms with Crippen molar-refractivity contribution in [1.82, 2.24) is 4.90 Å². The zero-order valence-corrected chi connectivity index (χ0v) is 16.3. The van der Waals surface area contributed by atoms with Gasteiger partial charge in [-0.05, 0) is 31.5 Å². The molecule has 4 nitrogen and oxygen atoms in total. The summed E-state index contributed by atoms with van der Waals surface area (Å²) in [5, 5.41) is 10.7. The lowest BCUT2D eigenvalue weighted by Gasteiger charge is -2.42. The van der Waals surface area contributed by atoms with Gasteiger partial charge in [-0.1, -0.05) is 59.3 Å². The van der Waals surface area contributed by atoms with Gasteiger partial charge >= 0.3 is 0 Å². The number of nitrogens with zero attached hydrogens (tertiary/aromatic N) is 3. The molecule has 5 heteroatoms. The van der Waals surface area contributed by atoms with Crippen LogP contribution in [-0.4, -0.2) is 23.4 Å². The van der Waals surface area contributed by atoms with Crippen LogP contribution in [0, 0.1) is 25.2 Å². The molecule has 0 saturated carbocycles. The van der Waals surface area contributed by atoms with Gasteiger partial charge in [0, 0.05) is 18.0 Å². The van der Waals surface area contributed by atoms with Gasteiger partial charge in [0.15, 0.2) is 0 Å². The van der Waals surface area contributed by atoms with Gasteiger partial charge < -0.3 is 4.90 Å². The fourth-order valence-corrected chi connectivity index (χ4v) is 4.73. The molecule has 2 aromatic carbocycles. The van der Waals surface area contributed by atoms with Crippen molar-refractivity contribution in [3.05, 3.63) is 75.8 Å². The molecule has 2 aromatic rings. The number of aryl methyl sites for hydroxylation is 2. The first-order valence-corrected chi connectivity index (χ1v) is 10.0. The molecule has 136 valence electrons. The number of rotatable bonds is 2. The Bertz CT molecular complexity index is 941. The van der Waals surface area contributed by atoms with Crippen LogP contribution in [0.25, 0.3) is 0 Å². The molecule has 0 unspecified atom stereocenters. The second kappa shape index (κ2) is 7.13.